The van der Waals surface area contributed by atoms with Gasteiger partial charge in [-0.2, -0.15) is 10.2 Å². The van der Waals surface area contributed by atoms with Crippen LogP contribution >= 0.6 is 0 Å². The molecule has 1 aliphatic heterocycles. The molecule has 0 bridgehead atoms. The van der Waals surface area contributed by atoms with E-state index in [0.29, 0.717) is 29.3 Å². The van der Waals surface area contributed by atoms with Gasteiger partial charge in [0.15, 0.2) is 11.6 Å². The number of ether oxygens (including phenoxy) is 1. The first-order chi connectivity index (χ1) is 15.7. The molecule has 0 spiro atoms. The SMILES string of the molecule is C[C@@H](NS(=O)(=O)Cc1cnnc(CN2CC(=O)NC2=O)c1)c1ccc(F)c(OCC2CC2)c1. The third-order valence-electron chi connectivity index (χ3n) is 5.32. The average Bonchev–Trinajstić information content (AvgIpc) is 3.51. The Morgan fingerprint density at radius 1 is 1.30 bits per heavy atom. The van der Waals surface area contributed by atoms with E-state index >= 15 is 0 Å². The minimum atomic E-state index is -3.78. The van der Waals surface area contributed by atoms with Crippen molar-refractivity contribution in [2.75, 3.05) is 13.2 Å². The molecular formula is C21H24FN5O5S. The summed E-state index contributed by atoms with van der Waals surface area (Å²) in [4.78, 5) is 24.3. The van der Waals surface area contributed by atoms with Crippen LogP contribution in [0.4, 0.5) is 9.18 Å². The predicted molar refractivity (Wildman–Crippen MR) is 115 cm³/mol. The average molecular weight is 478 g/mol. The largest absolute Gasteiger partial charge is 0.490 e. The first kappa shape index (κ1) is 23.1. The van der Waals surface area contributed by atoms with Crippen LogP contribution < -0.4 is 14.8 Å². The number of rotatable bonds is 10. The Balaban J connectivity index is 1.39. The maximum atomic E-state index is 14.0. The number of sulfonamides is 1. The summed E-state index contributed by atoms with van der Waals surface area (Å²) in [6.45, 7) is 2.05. The minimum absolute atomic E-state index is 0.0293. The number of carbonyl (C=O) groups is 2. The molecule has 4 rings (SSSR count). The van der Waals surface area contributed by atoms with Crippen molar-refractivity contribution >= 4 is 22.0 Å². The van der Waals surface area contributed by atoms with Gasteiger partial charge in [-0.15, -0.1) is 0 Å². The van der Waals surface area contributed by atoms with E-state index in [2.05, 4.69) is 20.2 Å². The fourth-order valence-electron chi connectivity index (χ4n) is 3.41. The van der Waals surface area contributed by atoms with Crippen LogP contribution in [0.15, 0.2) is 30.5 Å². The van der Waals surface area contributed by atoms with E-state index in [1.165, 1.54) is 35.4 Å². The highest BCUT2D eigenvalue weighted by Gasteiger charge is 2.27. The third-order valence-corrected chi connectivity index (χ3v) is 6.75. The number of nitrogens with one attached hydrogen (secondary N) is 2. The van der Waals surface area contributed by atoms with Gasteiger partial charge in [0, 0.05) is 6.04 Å². The number of imide groups is 1. The van der Waals surface area contributed by atoms with Gasteiger partial charge in [0.05, 0.1) is 30.8 Å². The Morgan fingerprint density at radius 3 is 2.79 bits per heavy atom. The number of benzene rings is 1. The van der Waals surface area contributed by atoms with E-state index in [1.54, 1.807) is 6.92 Å². The van der Waals surface area contributed by atoms with Crippen molar-refractivity contribution in [3.8, 4) is 5.75 Å². The Kier molecular flexibility index (Phi) is 6.56. The van der Waals surface area contributed by atoms with Crippen molar-refractivity contribution in [2.45, 2.75) is 38.1 Å². The molecule has 12 heteroatoms. The number of hydrogen-bond donors (Lipinski definition) is 2. The van der Waals surface area contributed by atoms with Crippen LogP contribution in [0.5, 0.6) is 5.75 Å². The number of halogens is 1. The fourth-order valence-corrected chi connectivity index (χ4v) is 4.77. The van der Waals surface area contributed by atoms with Gasteiger partial charge in [-0.05, 0) is 55.0 Å². The Hall–Kier alpha value is -3.12. The van der Waals surface area contributed by atoms with Crippen LogP contribution in [0.1, 0.15) is 42.6 Å². The second-order valence-corrected chi connectivity index (χ2v) is 10.1. The smallest absolute Gasteiger partial charge is 0.324 e. The Labute approximate surface area is 190 Å². The van der Waals surface area contributed by atoms with Crippen molar-refractivity contribution < 1.29 is 27.1 Å². The van der Waals surface area contributed by atoms with Crippen molar-refractivity contribution in [3.05, 3.63) is 53.1 Å². The van der Waals surface area contributed by atoms with E-state index in [1.807, 2.05) is 0 Å². The molecule has 1 aromatic heterocycles. The zero-order valence-corrected chi connectivity index (χ0v) is 18.8. The standard InChI is InChI=1S/C21H24FN5O5S/c1-13(16-4-5-18(22)19(7-16)32-11-14-2-3-14)26-33(30,31)12-15-6-17(25-23-8-15)9-27-10-20(28)24-21(27)29/h4-8,13-14,26H,2-3,9-12H2,1H3,(H,24,28,29)/t13-/m1/s1. The van der Waals surface area contributed by atoms with E-state index in [4.69, 9.17) is 4.74 Å². The fraction of sp³-hybridized carbons (Fsp3) is 0.429. The van der Waals surface area contributed by atoms with Crippen LogP contribution in [-0.2, 0) is 27.1 Å². The number of nitrogens with zero attached hydrogens (tertiary/aromatic N) is 3. The quantitative estimate of drug-likeness (QED) is 0.498. The maximum Gasteiger partial charge on any atom is 0.324 e. The van der Waals surface area contributed by atoms with Gasteiger partial charge in [0.1, 0.15) is 6.54 Å². The summed E-state index contributed by atoms with van der Waals surface area (Å²) >= 11 is 0. The molecule has 1 atom stereocenters. The highest BCUT2D eigenvalue weighted by molar-refractivity contribution is 7.88. The summed E-state index contributed by atoms with van der Waals surface area (Å²) in [7, 11) is -3.78. The van der Waals surface area contributed by atoms with Crippen LogP contribution in [-0.4, -0.2) is 48.6 Å². The summed E-state index contributed by atoms with van der Waals surface area (Å²) < 4.78 is 47.6. The highest BCUT2D eigenvalue weighted by Crippen LogP contribution is 2.31. The lowest BCUT2D eigenvalue weighted by atomic mass is 10.1. The molecule has 10 nitrogen and oxygen atoms in total. The number of aromatic nitrogens is 2. The van der Waals surface area contributed by atoms with Gasteiger partial charge in [-0.3, -0.25) is 10.1 Å². The van der Waals surface area contributed by atoms with Gasteiger partial charge in [0.25, 0.3) is 0 Å². The topological polar surface area (TPSA) is 131 Å². The first-order valence-electron chi connectivity index (χ1n) is 10.5. The number of amides is 3. The zero-order valence-electron chi connectivity index (χ0n) is 18.0. The van der Waals surface area contributed by atoms with E-state index in [-0.39, 0.29) is 24.6 Å². The van der Waals surface area contributed by atoms with Gasteiger partial charge in [-0.25, -0.2) is 22.3 Å². The summed E-state index contributed by atoms with van der Waals surface area (Å²) in [5.74, 6) is -0.692. The van der Waals surface area contributed by atoms with E-state index < -0.39 is 33.8 Å². The minimum Gasteiger partial charge on any atom is -0.490 e. The zero-order chi connectivity index (χ0) is 23.6. The monoisotopic (exact) mass is 477 g/mol. The number of carbonyl (C=O) groups excluding carboxylic acids is 2. The van der Waals surface area contributed by atoms with E-state index in [9.17, 15) is 22.4 Å². The molecule has 1 saturated heterocycles. The third kappa shape index (κ3) is 6.23. The maximum absolute atomic E-state index is 14.0. The van der Waals surface area contributed by atoms with Crippen LogP contribution in [0.3, 0.4) is 0 Å². The van der Waals surface area contributed by atoms with Crippen molar-refractivity contribution in [1.29, 1.82) is 0 Å². The molecule has 2 aromatic rings. The van der Waals surface area contributed by atoms with Crippen LogP contribution in [0, 0.1) is 11.7 Å². The molecule has 0 unspecified atom stereocenters. The molecular weight excluding hydrogens is 453 g/mol. The highest BCUT2D eigenvalue weighted by atomic mass is 32.2. The second kappa shape index (κ2) is 9.40. The summed E-state index contributed by atoms with van der Waals surface area (Å²) in [5, 5.41) is 9.88. The van der Waals surface area contributed by atoms with Crippen LogP contribution in [0.25, 0.3) is 0 Å². The summed E-state index contributed by atoms with van der Waals surface area (Å²) in [6, 6.07) is 4.66. The lowest BCUT2D eigenvalue weighted by Crippen LogP contribution is -2.29. The number of hydrogen-bond acceptors (Lipinski definition) is 7. The normalized spacial score (nSPS) is 17.2. The summed E-state index contributed by atoms with van der Waals surface area (Å²) in [6.07, 6.45) is 3.48. The van der Waals surface area contributed by atoms with Gasteiger partial charge >= 0.3 is 6.03 Å². The molecule has 1 aliphatic carbocycles. The van der Waals surface area contributed by atoms with E-state index in [0.717, 1.165) is 12.8 Å². The molecule has 1 saturated carbocycles. The van der Waals surface area contributed by atoms with Crippen molar-refractivity contribution in [3.63, 3.8) is 0 Å². The summed E-state index contributed by atoms with van der Waals surface area (Å²) in [5.41, 5.74) is 1.30. The number of urea groups is 1. The molecule has 2 aliphatic rings. The molecule has 2 N–H and O–H groups in total. The molecule has 2 fully saturated rings. The second-order valence-electron chi connectivity index (χ2n) is 8.31. The lowest BCUT2D eigenvalue weighted by molar-refractivity contribution is -0.118. The molecule has 0 radical (unpaired) electrons. The van der Waals surface area contributed by atoms with Crippen molar-refractivity contribution in [2.24, 2.45) is 5.92 Å². The van der Waals surface area contributed by atoms with Crippen molar-refractivity contribution in [1.82, 2.24) is 25.1 Å². The molecule has 33 heavy (non-hydrogen) atoms. The van der Waals surface area contributed by atoms with Gasteiger partial charge < -0.3 is 9.64 Å². The Morgan fingerprint density at radius 2 is 2.09 bits per heavy atom. The van der Waals surface area contributed by atoms with Crippen LogP contribution in [0.2, 0.25) is 0 Å². The molecule has 1 aromatic carbocycles. The van der Waals surface area contributed by atoms with Gasteiger partial charge in [-0.1, -0.05) is 6.07 Å². The molecule has 176 valence electrons. The predicted octanol–water partition coefficient (Wildman–Crippen LogP) is 1.64. The molecule has 2 heterocycles. The first-order valence-corrected chi connectivity index (χ1v) is 12.2. The molecule has 3 amide bonds. The Bertz CT molecular complexity index is 1170. The lowest BCUT2D eigenvalue weighted by Gasteiger charge is -2.17. The van der Waals surface area contributed by atoms with Gasteiger partial charge in [0.2, 0.25) is 15.9 Å².